The molecular weight excluding hydrogens is 269 g/mol. The molecule has 2 unspecified atom stereocenters. The lowest BCUT2D eigenvalue weighted by molar-refractivity contribution is 0.0736. The van der Waals surface area contributed by atoms with E-state index in [2.05, 4.69) is 0 Å². The average molecular weight is 275 g/mol. The Bertz CT molecular complexity index is 393. The van der Waals surface area contributed by atoms with Gasteiger partial charge in [0.25, 0.3) is 0 Å². The van der Waals surface area contributed by atoms with Gasteiger partial charge in [-0.25, -0.2) is 0 Å². The molecule has 1 aliphatic rings. The molecule has 0 bridgehead atoms. The number of ketones is 1. The highest BCUT2D eigenvalue weighted by Crippen LogP contribution is 2.45. The number of aliphatic hydroxyl groups excluding tert-OH is 1. The van der Waals surface area contributed by atoms with Gasteiger partial charge in [0, 0.05) is 5.56 Å². The van der Waals surface area contributed by atoms with E-state index in [0.29, 0.717) is 14.2 Å². The van der Waals surface area contributed by atoms with E-state index in [1.807, 2.05) is 0 Å². The summed E-state index contributed by atoms with van der Waals surface area (Å²) >= 11 is 12.7. The maximum Gasteiger partial charge on any atom is 0.195 e. The molecule has 0 aliphatic heterocycles. The lowest BCUT2D eigenvalue weighted by atomic mass is 10.2. The van der Waals surface area contributed by atoms with Crippen molar-refractivity contribution in [3.05, 3.63) is 19.8 Å². The van der Waals surface area contributed by atoms with Gasteiger partial charge in [-0.2, -0.15) is 0 Å². The summed E-state index contributed by atoms with van der Waals surface area (Å²) in [5, 5.41) is 9.34. The van der Waals surface area contributed by atoms with Gasteiger partial charge in [-0.15, -0.1) is 23.7 Å². The number of carbonyl (C=O) groups excluding carboxylic acids is 1. The van der Waals surface area contributed by atoms with Gasteiger partial charge >= 0.3 is 0 Å². The Morgan fingerprint density at radius 1 is 1.36 bits per heavy atom. The molecule has 0 fully saturated rings. The largest absolute Gasteiger partial charge is 0.383 e. The topological polar surface area (TPSA) is 63.3 Å². The summed E-state index contributed by atoms with van der Waals surface area (Å²) in [5.41, 5.74) is 6.36. The molecule has 0 spiro atoms. The number of nitrogens with two attached hydrogens (primary N) is 1. The summed E-state index contributed by atoms with van der Waals surface area (Å²) in [7, 11) is 0. The lowest BCUT2D eigenvalue weighted by Crippen LogP contribution is -2.25. The van der Waals surface area contributed by atoms with E-state index < -0.39 is 17.9 Å². The predicted octanol–water partition coefficient (Wildman–Crippen LogP) is 2.03. The van der Waals surface area contributed by atoms with Crippen LogP contribution in [0.5, 0.6) is 0 Å². The van der Waals surface area contributed by atoms with E-state index in [-0.39, 0.29) is 18.0 Å². The average Bonchev–Trinajstić information content (AvgIpc) is 2.47. The number of Topliss-reactive ketones (excluding diaryl/α,β-unsaturated/α-hetero) is 1. The highest BCUT2D eigenvalue weighted by atomic mass is 35.5. The van der Waals surface area contributed by atoms with Crippen LogP contribution >= 0.6 is 46.9 Å². The van der Waals surface area contributed by atoms with Gasteiger partial charge in [0.15, 0.2) is 5.78 Å². The summed E-state index contributed by atoms with van der Waals surface area (Å²) in [4.78, 5) is 11.4. The van der Waals surface area contributed by atoms with Gasteiger partial charge < -0.3 is 10.8 Å². The van der Waals surface area contributed by atoms with Crippen molar-refractivity contribution < 1.29 is 9.90 Å². The Balaban J connectivity index is 0.000000980. The van der Waals surface area contributed by atoms with E-state index in [1.54, 1.807) is 0 Å². The van der Waals surface area contributed by atoms with Crippen molar-refractivity contribution in [2.24, 2.45) is 5.73 Å². The molecule has 3 nitrogen and oxygen atoms in total. The molecule has 0 aromatic carbocycles. The molecule has 3 N–H and O–H groups in total. The van der Waals surface area contributed by atoms with Crippen LogP contribution in [0.2, 0.25) is 8.67 Å². The Morgan fingerprint density at radius 3 is 2.43 bits per heavy atom. The van der Waals surface area contributed by atoms with E-state index >= 15 is 0 Å². The van der Waals surface area contributed by atoms with Crippen molar-refractivity contribution in [2.75, 3.05) is 0 Å². The Labute approximate surface area is 100 Å². The Kier molecular flexibility index (Phi) is 3.46. The Morgan fingerprint density at radius 2 is 1.93 bits per heavy atom. The van der Waals surface area contributed by atoms with Crippen molar-refractivity contribution in [3.63, 3.8) is 0 Å². The van der Waals surface area contributed by atoms with Gasteiger partial charge in [-0.05, 0) is 0 Å². The van der Waals surface area contributed by atoms with Crippen molar-refractivity contribution in [1.29, 1.82) is 0 Å². The number of hydrogen-bond donors (Lipinski definition) is 2. The molecule has 1 aliphatic carbocycles. The van der Waals surface area contributed by atoms with Gasteiger partial charge in [-0.1, -0.05) is 23.2 Å². The van der Waals surface area contributed by atoms with Crippen LogP contribution in [-0.4, -0.2) is 17.0 Å². The minimum atomic E-state index is -1.20. The molecule has 7 heteroatoms. The zero-order valence-corrected chi connectivity index (χ0v) is 9.80. The molecular formula is C7H6Cl3NO2S. The van der Waals surface area contributed by atoms with Gasteiger partial charge in [0.1, 0.15) is 14.8 Å². The SMILES string of the molecule is Cl.NC1c2c(Cl)sc(Cl)c2C(=O)C1O. The van der Waals surface area contributed by atoms with Crippen LogP contribution in [0.25, 0.3) is 0 Å². The summed E-state index contributed by atoms with van der Waals surface area (Å²) in [6, 6.07) is -0.737. The summed E-state index contributed by atoms with van der Waals surface area (Å²) in [6.07, 6.45) is -1.20. The van der Waals surface area contributed by atoms with Gasteiger partial charge in [-0.3, -0.25) is 4.79 Å². The van der Waals surface area contributed by atoms with Gasteiger partial charge in [0.2, 0.25) is 0 Å². The first-order valence-electron chi connectivity index (χ1n) is 3.49. The number of thiophene rings is 1. The van der Waals surface area contributed by atoms with E-state index in [4.69, 9.17) is 28.9 Å². The van der Waals surface area contributed by atoms with E-state index in [9.17, 15) is 9.90 Å². The zero-order chi connectivity index (χ0) is 9.75. The molecule has 0 saturated heterocycles. The fourth-order valence-corrected chi connectivity index (χ4v) is 3.20. The Hall–Kier alpha value is 0.160. The molecule has 0 saturated carbocycles. The van der Waals surface area contributed by atoms with Gasteiger partial charge in [0.05, 0.1) is 11.6 Å². The fraction of sp³-hybridized carbons (Fsp3) is 0.286. The minimum Gasteiger partial charge on any atom is -0.383 e. The molecule has 2 rings (SSSR count). The third-order valence-corrected chi connectivity index (χ3v) is 3.68. The zero-order valence-electron chi connectivity index (χ0n) is 6.66. The third-order valence-electron chi connectivity index (χ3n) is 2.05. The monoisotopic (exact) mass is 273 g/mol. The summed E-state index contributed by atoms with van der Waals surface area (Å²) in [5.74, 6) is -0.435. The maximum absolute atomic E-state index is 11.4. The van der Waals surface area contributed by atoms with Crippen LogP contribution < -0.4 is 5.73 Å². The smallest absolute Gasteiger partial charge is 0.195 e. The molecule has 1 aromatic heterocycles. The van der Waals surface area contributed by atoms with Crippen LogP contribution in [0.15, 0.2) is 0 Å². The quantitative estimate of drug-likeness (QED) is 0.761. The molecule has 14 heavy (non-hydrogen) atoms. The summed E-state index contributed by atoms with van der Waals surface area (Å²) < 4.78 is 0.689. The van der Waals surface area contributed by atoms with Crippen molar-refractivity contribution in [1.82, 2.24) is 0 Å². The van der Waals surface area contributed by atoms with Crippen LogP contribution in [-0.2, 0) is 0 Å². The number of halogens is 3. The normalized spacial score (nSPS) is 24.7. The van der Waals surface area contributed by atoms with Crippen LogP contribution in [0.3, 0.4) is 0 Å². The van der Waals surface area contributed by atoms with Crippen LogP contribution in [0.4, 0.5) is 0 Å². The van der Waals surface area contributed by atoms with Crippen LogP contribution in [0.1, 0.15) is 22.0 Å². The standard InChI is InChI=1S/C7H5Cl2NO2S.ClH/c8-6-1-2(7(9)13-6)4(11)5(12)3(1)10;/h3,5,12H,10H2;1H. The predicted molar refractivity (Wildman–Crippen MR) is 58.9 cm³/mol. The second kappa shape index (κ2) is 3.96. The first-order chi connectivity index (χ1) is 6.04. The first-order valence-corrected chi connectivity index (χ1v) is 5.06. The highest BCUT2D eigenvalue weighted by Gasteiger charge is 2.41. The number of aliphatic hydroxyl groups is 1. The van der Waals surface area contributed by atoms with Crippen molar-refractivity contribution in [2.45, 2.75) is 12.1 Å². The molecule has 0 radical (unpaired) electrons. The fourth-order valence-electron chi connectivity index (χ4n) is 1.38. The van der Waals surface area contributed by atoms with Crippen molar-refractivity contribution in [3.8, 4) is 0 Å². The molecule has 2 atom stereocenters. The molecule has 0 amide bonds. The summed E-state index contributed by atoms with van der Waals surface area (Å²) in [6.45, 7) is 0. The van der Waals surface area contributed by atoms with E-state index in [0.717, 1.165) is 11.3 Å². The minimum absolute atomic E-state index is 0. The molecule has 78 valence electrons. The van der Waals surface area contributed by atoms with Crippen LogP contribution in [0, 0.1) is 0 Å². The number of rotatable bonds is 0. The molecule has 1 aromatic rings. The second-order valence-electron chi connectivity index (χ2n) is 2.77. The third kappa shape index (κ3) is 1.46. The number of hydrogen-bond acceptors (Lipinski definition) is 4. The van der Waals surface area contributed by atoms with E-state index in [1.165, 1.54) is 0 Å². The maximum atomic E-state index is 11.4. The molecule has 1 heterocycles. The lowest BCUT2D eigenvalue weighted by Gasteiger charge is -2.06. The number of fused-ring (bicyclic) bond motifs is 1. The van der Waals surface area contributed by atoms with Crippen molar-refractivity contribution >= 4 is 52.7 Å². The highest BCUT2D eigenvalue weighted by molar-refractivity contribution is 7.20. The second-order valence-corrected chi connectivity index (χ2v) is 5.00. The number of carbonyl (C=O) groups is 1. The first kappa shape index (κ1) is 12.2.